The number of halogens is 1. The number of aromatic nitrogens is 1. The highest BCUT2D eigenvalue weighted by Crippen LogP contribution is 2.28. The van der Waals surface area contributed by atoms with Crippen molar-refractivity contribution in [3.8, 4) is 11.5 Å². The summed E-state index contributed by atoms with van der Waals surface area (Å²) in [6.07, 6.45) is 0. The van der Waals surface area contributed by atoms with Gasteiger partial charge >= 0.3 is 0 Å². The first-order valence-electron chi connectivity index (χ1n) is 6.69. The maximum atomic E-state index is 6.00. The summed E-state index contributed by atoms with van der Waals surface area (Å²) in [5.74, 6) is 1.49. The van der Waals surface area contributed by atoms with Crippen molar-refractivity contribution in [3.63, 3.8) is 0 Å². The van der Waals surface area contributed by atoms with Gasteiger partial charge in [-0.25, -0.2) is 0 Å². The van der Waals surface area contributed by atoms with Crippen LogP contribution in [-0.2, 0) is 6.61 Å². The van der Waals surface area contributed by atoms with Gasteiger partial charge in [0.05, 0.1) is 12.8 Å². The van der Waals surface area contributed by atoms with Crippen LogP contribution in [0.2, 0.25) is 5.02 Å². The van der Waals surface area contributed by atoms with Gasteiger partial charge in [0.25, 0.3) is 0 Å². The molecule has 1 unspecified atom stereocenters. The van der Waals surface area contributed by atoms with Crippen LogP contribution in [0.3, 0.4) is 0 Å². The van der Waals surface area contributed by atoms with E-state index in [2.05, 4.69) is 4.98 Å². The number of rotatable bonds is 5. The summed E-state index contributed by atoms with van der Waals surface area (Å²) in [6.45, 7) is 4.16. The molecule has 0 radical (unpaired) electrons. The summed E-state index contributed by atoms with van der Waals surface area (Å²) in [5, 5.41) is 0.644. The second-order valence-corrected chi connectivity index (χ2v) is 5.34. The molecule has 5 heteroatoms. The second-order valence-electron chi connectivity index (χ2n) is 4.90. The van der Waals surface area contributed by atoms with Gasteiger partial charge < -0.3 is 15.2 Å². The van der Waals surface area contributed by atoms with E-state index in [4.69, 9.17) is 26.8 Å². The molecule has 0 aliphatic rings. The zero-order valence-corrected chi connectivity index (χ0v) is 13.1. The van der Waals surface area contributed by atoms with E-state index in [9.17, 15) is 0 Å². The minimum atomic E-state index is -0.154. The maximum absolute atomic E-state index is 6.00. The van der Waals surface area contributed by atoms with Crippen molar-refractivity contribution in [2.45, 2.75) is 26.5 Å². The molecule has 1 heterocycles. The van der Waals surface area contributed by atoms with Gasteiger partial charge in [-0.15, -0.1) is 0 Å². The van der Waals surface area contributed by atoms with Crippen molar-refractivity contribution in [3.05, 3.63) is 52.3 Å². The number of nitrogens with two attached hydrogens (primary N) is 1. The van der Waals surface area contributed by atoms with Crippen molar-refractivity contribution >= 4 is 11.6 Å². The highest BCUT2D eigenvalue weighted by atomic mass is 35.5. The first-order chi connectivity index (χ1) is 9.99. The number of methoxy groups -OCH3 is 1. The zero-order chi connectivity index (χ0) is 15.4. The monoisotopic (exact) mass is 306 g/mol. The Morgan fingerprint density at radius 2 is 2.05 bits per heavy atom. The Morgan fingerprint density at radius 3 is 2.71 bits per heavy atom. The molecule has 21 heavy (non-hydrogen) atoms. The lowest BCUT2D eigenvalue weighted by atomic mass is 10.1. The summed E-state index contributed by atoms with van der Waals surface area (Å²) in [4.78, 5) is 4.43. The van der Waals surface area contributed by atoms with Crippen LogP contribution in [-0.4, -0.2) is 12.1 Å². The minimum absolute atomic E-state index is 0.154. The van der Waals surface area contributed by atoms with Crippen LogP contribution < -0.4 is 15.2 Å². The summed E-state index contributed by atoms with van der Waals surface area (Å²) >= 11 is 6.00. The Balaban J connectivity index is 2.18. The molecule has 0 fully saturated rings. The molecule has 0 bridgehead atoms. The Hall–Kier alpha value is -1.78. The molecule has 2 rings (SSSR count). The number of nitrogens with zero attached hydrogens (tertiary/aromatic N) is 1. The normalized spacial score (nSPS) is 12.0. The van der Waals surface area contributed by atoms with E-state index in [1.54, 1.807) is 13.2 Å². The van der Waals surface area contributed by atoms with Gasteiger partial charge in [0.15, 0.2) is 0 Å². The van der Waals surface area contributed by atoms with Gasteiger partial charge in [0.1, 0.15) is 18.1 Å². The summed E-state index contributed by atoms with van der Waals surface area (Å²) in [6, 6.07) is 9.01. The van der Waals surface area contributed by atoms with Gasteiger partial charge in [0, 0.05) is 34.5 Å². The lowest BCUT2D eigenvalue weighted by molar-refractivity contribution is 0.295. The molecule has 2 aromatic rings. The van der Waals surface area contributed by atoms with E-state index < -0.39 is 0 Å². The van der Waals surface area contributed by atoms with Crippen molar-refractivity contribution in [1.29, 1.82) is 0 Å². The van der Waals surface area contributed by atoms with Gasteiger partial charge in [-0.1, -0.05) is 11.6 Å². The molecule has 0 spiro atoms. The SMILES string of the molecule is COc1cc(C)nc(COc2ccc(Cl)cc2C(C)N)c1. The van der Waals surface area contributed by atoms with Crippen molar-refractivity contribution in [2.75, 3.05) is 7.11 Å². The number of pyridine rings is 1. The quantitative estimate of drug-likeness (QED) is 0.916. The number of hydrogen-bond acceptors (Lipinski definition) is 4. The minimum Gasteiger partial charge on any atom is -0.497 e. The fourth-order valence-corrected chi connectivity index (χ4v) is 2.23. The molecule has 1 aromatic heterocycles. The second kappa shape index (κ2) is 6.78. The third-order valence-electron chi connectivity index (χ3n) is 3.05. The molecule has 0 aliphatic heterocycles. The molecular weight excluding hydrogens is 288 g/mol. The number of hydrogen-bond donors (Lipinski definition) is 1. The van der Waals surface area contributed by atoms with E-state index in [1.165, 1.54) is 0 Å². The summed E-state index contributed by atoms with van der Waals surface area (Å²) < 4.78 is 11.1. The first-order valence-corrected chi connectivity index (χ1v) is 7.06. The average Bonchev–Trinajstić information content (AvgIpc) is 2.45. The lowest BCUT2D eigenvalue weighted by Crippen LogP contribution is -2.08. The Morgan fingerprint density at radius 1 is 1.29 bits per heavy atom. The average molecular weight is 307 g/mol. The van der Waals surface area contributed by atoms with E-state index >= 15 is 0 Å². The summed E-state index contributed by atoms with van der Waals surface area (Å²) in [5.41, 5.74) is 8.51. The number of benzene rings is 1. The van der Waals surface area contributed by atoms with Gasteiger partial charge in [-0.3, -0.25) is 4.98 Å². The Labute approximate surface area is 129 Å². The van der Waals surface area contributed by atoms with Crippen LogP contribution in [0, 0.1) is 6.92 Å². The molecule has 0 saturated carbocycles. The van der Waals surface area contributed by atoms with E-state index in [-0.39, 0.29) is 6.04 Å². The molecule has 0 amide bonds. The third-order valence-corrected chi connectivity index (χ3v) is 3.29. The lowest BCUT2D eigenvalue weighted by Gasteiger charge is -2.14. The van der Waals surface area contributed by atoms with Crippen LogP contribution in [0.1, 0.15) is 29.9 Å². The van der Waals surface area contributed by atoms with Crippen LogP contribution in [0.25, 0.3) is 0 Å². The summed E-state index contributed by atoms with van der Waals surface area (Å²) in [7, 11) is 1.63. The van der Waals surface area contributed by atoms with Crippen LogP contribution >= 0.6 is 11.6 Å². The standard InChI is InChI=1S/C16H19ClN2O2/c1-10-6-14(20-3)8-13(19-10)9-21-16-5-4-12(17)7-15(16)11(2)18/h4-8,11H,9,18H2,1-3H3. The van der Waals surface area contributed by atoms with E-state index in [1.807, 2.05) is 38.1 Å². The Bertz CT molecular complexity index is 630. The molecule has 0 aliphatic carbocycles. The zero-order valence-electron chi connectivity index (χ0n) is 12.4. The van der Waals surface area contributed by atoms with Gasteiger partial charge in [-0.2, -0.15) is 0 Å². The van der Waals surface area contributed by atoms with Gasteiger partial charge in [-0.05, 0) is 32.0 Å². The number of aryl methyl sites for hydroxylation is 1. The van der Waals surface area contributed by atoms with E-state index in [0.29, 0.717) is 11.6 Å². The highest BCUT2D eigenvalue weighted by molar-refractivity contribution is 6.30. The van der Waals surface area contributed by atoms with Gasteiger partial charge in [0.2, 0.25) is 0 Å². The topological polar surface area (TPSA) is 57.4 Å². The molecule has 0 saturated heterocycles. The third kappa shape index (κ3) is 4.09. The fraction of sp³-hybridized carbons (Fsp3) is 0.312. The molecule has 112 valence electrons. The first kappa shape index (κ1) is 15.6. The van der Waals surface area contributed by atoms with Crippen LogP contribution in [0.4, 0.5) is 0 Å². The molecular formula is C16H19ClN2O2. The van der Waals surface area contributed by atoms with E-state index in [0.717, 1.165) is 28.5 Å². The molecule has 1 aromatic carbocycles. The fourth-order valence-electron chi connectivity index (χ4n) is 2.05. The van der Waals surface area contributed by atoms with Crippen LogP contribution in [0.15, 0.2) is 30.3 Å². The molecule has 2 N–H and O–H groups in total. The van der Waals surface area contributed by atoms with Crippen LogP contribution in [0.5, 0.6) is 11.5 Å². The predicted molar refractivity (Wildman–Crippen MR) is 83.9 cm³/mol. The van der Waals surface area contributed by atoms with Crippen molar-refractivity contribution < 1.29 is 9.47 Å². The van der Waals surface area contributed by atoms with Crippen molar-refractivity contribution in [2.24, 2.45) is 5.73 Å². The number of ether oxygens (including phenoxy) is 2. The highest BCUT2D eigenvalue weighted by Gasteiger charge is 2.10. The smallest absolute Gasteiger partial charge is 0.130 e. The molecule has 1 atom stereocenters. The maximum Gasteiger partial charge on any atom is 0.130 e. The predicted octanol–water partition coefficient (Wildman–Crippen LogP) is 3.65. The van der Waals surface area contributed by atoms with Crippen molar-refractivity contribution in [1.82, 2.24) is 4.98 Å². The molecule has 4 nitrogen and oxygen atoms in total. The largest absolute Gasteiger partial charge is 0.497 e. The Kier molecular flexibility index (Phi) is 5.04.